The Bertz CT molecular complexity index is 1120. The van der Waals surface area contributed by atoms with E-state index in [4.69, 9.17) is 14.9 Å². The number of carbonyl (C=O) groups is 5. The molecule has 2 aromatic rings. The number of hydrogen-bond donors (Lipinski definition) is 3. The molecule has 0 aliphatic carbocycles. The Balaban J connectivity index is 1.73. The highest BCUT2D eigenvalue weighted by molar-refractivity contribution is 8.18. The van der Waals surface area contributed by atoms with E-state index in [0.29, 0.717) is 23.1 Å². The number of aromatic carboxylic acids is 2. The van der Waals surface area contributed by atoms with Crippen molar-refractivity contribution in [1.29, 1.82) is 0 Å². The molecule has 0 unspecified atom stereocenters. The number of carboxylic acid groups (broad SMARTS) is 2. The summed E-state index contributed by atoms with van der Waals surface area (Å²) in [6.45, 7) is -0.621. The van der Waals surface area contributed by atoms with Crippen LogP contribution in [0.5, 0.6) is 5.75 Å². The topological polar surface area (TPSA) is 150 Å². The number of methoxy groups -OCH3 is 1. The molecule has 3 amide bonds. The number of thioether (sulfide) groups is 1. The van der Waals surface area contributed by atoms with Gasteiger partial charge in [-0.2, -0.15) is 0 Å². The first-order valence-electron chi connectivity index (χ1n) is 8.99. The van der Waals surface area contributed by atoms with Gasteiger partial charge >= 0.3 is 11.9 Å². The van der Waals surface area contributed by atoms with Crippen LogP contribution in [0, 0.1) is 0 Å². The summed E-state index contributed by atoms with van der Waals surface area (Å²) in [4.78, 5) is 60.4. The second-order valence-electron chi connectivity index (χ2n) is 6.50. The maximum atomic E-state index is 12.6. The van der Waals surface area contributed by atoms with Gasteiger partial charge in [-0.1, -0.05) is 12.1 Å². The molecule has 1 saturated heterocycles. The summed E-state index contributed by atoms with van der Waals surface area (Å²) in [5.41, 5.74) is -0.108. The molecule has 1 aliphatic heterocycles. The quantitative estimate of drug-likeness (QED) is 0.534. The van der Waals surface area contributed by atoms with Gasteiger partial charge < -0.3 is 20.3 Å². The van der Waals surface area contributed by atoms with E-state index in [-0.39, 0.29) is 21.7 Å². The van der Waals surface area contributed by atoms with Gasteiger partial charge in [-0.05, 0) is 53.7 Å². The Hall–Kier alpha value is -4.12. The third-order valence-corrected chi connectivity index (χ3v) is 5.21. The predicted octanol–water partition coefficient (Wildman–Crippen LogP) is 2.77. The number of carboxylic acids is 2. The molecule has 10 nitrogen and oxygen atoms in total. The van der Waals surface area contributed by atoms with Crippen molar-refractivity contribution in [1.82, 2.24) is 4.90 Å². The van der Waals surface area contributed by atoms with Gasteiger partial charge in [0.1, 0.15) is 12.3 Å². The van der Waals surface area contributed by atoms with Crippen molar-refractivity contribution in [2.45, 2.75) is 0 Å². The number of rotatable bonds is 7. The molecule has 0 atom stereocenters. The third-order valence-electron chi connectivity index (χ3n) is 4.30. The highest BCUT2D eigenvalue weighted by Gasteiger charge is 2.36. The molecule has 11 heteroatoms. The molecular weight excluding hydrogens is 440 g/mol. The van der Waals surface area contributed by atoms with Gasteiger partial charge in [-0.15, -0.1) is 0 Å². The maximum absolute atomic E-state index is 12.6. The van der Waals surface area contributed by atoms with Crippen molar-refractivity contribution in [2.24, 2.45) is 0 Å². The van der Waals surface area contributed by atoms with Crippen molar-refractivity contribution < 1.29 is 38.9 Å². The number of anilines is 1. The van der Waals surface area contributed by atoms with Crippen LogP contribution in [0.25, 0.3) is 6.08 Å². The monoisotopic (exact) mass is 456 g/mol. The number of amides is 3. The standard InChI is InChI=1S/C21H16N2O8S/c1-31-15-4-2-11(3-5-15)6-16-18(25)23(21(30)32-16)10-17(24)22-14-8-12(19(26)27)7-13(9-14)20(28)29/h2-9H,10H2,1H3,(H,22,24)(H,26,27)(H,28,29)/b16-6-. The van der Waals surface area contributed by atoms with Gasteiger partial charge in [0.25, 0.3) is 11.1 Å². The fourth-order valence-electron chi connectivity index (χ4n) is 2.78. The Morgan fingerprint density at radius 1 is 1.03 bits per heavy atom. The summed E-state index contributed by atoms with van der Waals surface area (Å²) in [7, 11) is 1.52. The van der Waals surface area contributed by atoms with E-state index in [9.17, 15) is 24.0 Å². The van der Waals surface area contributed by atoms with Crippen molar-refractivity contribution in [2.75, 3.05) is 19.0 Å². The Labute approximate surface area is 185 Å². The van der Waals surface area contributed by atoms with Crippen LogP contribution in [0.2, 0.25) is 0 Å². The molecule has 164 valence electrons. The first-order valence-corrected chi connectivity index (χ1v) is 9.80. The smallest absolute Gasteiger partial charge is 0.335 e. The molecule has 3 N–H and O–H groups in total. The fourth-order valence-corrected chi connectivity index (χ4v) is 3.62. The molecule has 0 spiro atoms. The van der Waals surface area contributed by atoms with Gasteiger partial charge in [0.2, 0.25) is 5.91 Å². The second-order valence-corrected chi connectivity index (χ2v) is 7.49. The van der Waals surface area contributed by atoms with Crippen LogP contribution in [0.4, 0.5) is 10.5 Å². The van der Waals surface area contributed by atoms with Gasteiger partial charge in [0.15, 0.2) is 0 Å². The van der Waals surface area contributed by atoms with Crippen molar-refractivity contribution in [3.63, 3.8) is 0 Å². The van der Waals surface area contributed by atoms with Gasteiger partial charge in [0, 0.05) is 5.69 Å². The molecule has 32 heavy (non-hydrogen) atoms. The molecule has 0 saturated carbocycles. The minimum absolute atomic E-state index is 0.0898. The Morgan fingerprint density at radius 3 is 2.16 bits per heavy atom. The summed E-state index contributed by atoms with van der Waals surface area (Å²) in [6.07, 6.45) is 1.51. The van der Waals surface area contributed by atoms with Crippen LogP contribution in [0.3, 0.4) is 0 Å². The lowest BCUT2D eigenvalue weighted by Gasteiger charge is -2.13. The van der Waals surface area contributed by atoms with E-state index in [1.165, 1.54) is 13.2 Å². The number of ether oxygens (including phenoxy) is 1. The van der Waals surface area contributed by atoms with E-state index in [1.54, 1.807) is 24.3 Å². The number of imide groups is 1. The summed E-state index contributed by atoms with van der Waals surface area (Å²) < 4.78 is 5.06. The van der Waals surface area contributed by atoms with E-state index in [0.717, 1.165) is 23.1 Å². The molecule has 1 heterocycles. The second kappa shape index (κ2) is 9.35. The number of hydrogen-bond acceptors (Lipinski definition) is 7. The average molecular weight is 456 g/mol. The van der Waals surface area contributed by atoms with Crippen LogP contribution < -0.4 is 10.1 Å². The SMILES string of the molecule is COc1ccc(/C=C2\SC(=O)N(CC(=O)Nc3cc(C(=O)O)cc(C(=O)O)c3)C2=O)cc1. The van der Waals surface area contributed by atoms with Crippen LogP contribution in [0.15, 0.2) is 47.4 Å². The zero-order valence-corrected chi connectivity index (χ0v) is 17.3. The molecule has 2 aromatic carbocycles. The zero-order valence-electron chi connectivity index (χ0n) is 16.5. The van der Waals surface area contributed by atoms with E-state index in [2.05, 4.69) is 5.32 Å². The lowest BCUT2D eigenvalue weighted by molar-refractivity contribution is -0.127. The summed E-state index contributed by atoms with van der Waals surface area (Å²) in [6, 6.07) is 9.89. The van der Waals surface area contributed by atoms with E-state index < -0.39 is 35.5 Å². The number of carbonyl (C=O) groups excluding carboxylic acids is 3. The number of nitrogens with one attached hydrogen (secondary N) is 1. The predicted molar refractivity (Wildman–Crippen MR) is 115 cm³/mol. The minimum Gasteiger partial charge on any atom is -0.497 e. The maximum Gasteiger partial charge on any atom is 0.335 e. The zero-order chi connectivity index (χ0) is 23.4. The van der Waals surface area contributed by atoms with Crippen LogP contribution in [-0.2, 0) is 9.59 Å². The molecule has 0 bridgehead atoms. The molecule has 0 radical (unpaired) electrons. The Morgan fingerprint density at radius 2 is 1.62 bits per heavy atom. The first kappa shape index (κ1) is 22.6. The molecule has 1 fully saturated rings. The third kappa shape index (κ3) is 5.13. The molecule has 0 aromatic heterocycles. The van der Waals surface area contributed by atoms with Crippen molar-refractivity contribution in [3.8, 4) is 5.75 Å². The van der Waals surface area contributed by atoms with Gasteiger partial charge in [0.05, 0.1) is 23.1 Å². The van der Waals surface area contributed by atoms with Crippen LogP contribution in [0.1, 0.15) is 26.3 Å². The number of nitrogens with zero attached hydrogens (tertiary/aromatic N) is 1. The number of benzene rings is 2. The van der Waals surface area contributed by atoms with Gasteiger partial charge in [-0.3, -0.25) is 19.3 Å². The van der Waals surface area contributed by atoms with E-state index >= 15 is 0 Å². The minimum atomic E-state index is -1.38. The van der Waals surface area contributed by atoms with Crippen molar-refractivity contribution in [3.05, 3.63) is 64.1 Å². The first-order chi connectivity index (χ1) is 15.2. The highest BCUT2D eigenvalue weighted by Crippen LogP contribution is 2.32. The summed E-state index contributed by atoms with van der Waals surface area (Å²) in [5, 5.41) is 19.9. The van der Waals surface area contributed by atoms with Crippen molar-refractivity contribution >= 4 is 52.5 Å². The lowest BCUT2D eigenvalue weighted by Crippen LogP contribution is -2.36. The Kier molecular flexibility index (Phi) is 6.59. The lowest BCUT2D eigenvalue weighted by atomic mass is 10.1. The van der Waals surface area contributed by atoms with Crippen LogP contribution >= 0.6 is 11.8 Å². The largest absolute Gasteiger partial charge is 0.497 e. The van der Waals surface area contributed by atoms with Crippen LogP contribution in [-0.4, -0.2) is 57.8 Å². The summed E-state index contributed by atoms with van der Waals surface area (Å²) in [5.74, 6) is -3.57. The van der Waals surface area contributed by atoms with E-state index in [1.807, 2.05) is 0 Å². The molecule has 1 aliphatic rings. The van der Waals surface area contributed by atoms with Gasteiger partial charge in [-0.25, -0.2) is 9.59 Å². The molecule has 3 rings (SSSR count). The summed E-state index contributed by atoms with van der Waals surface area (Å²) >= 11 is 0.679. The fraction of sp³-hybridized carbons (Fsp3) is 0.0952. The normalized spacial score (nSPS) is 14.5. The average Bonchev–Trinajstić information content (AvgIpc) is 3.01. The highest BCUT2D eigenvalue weighted by atomic mass is 32.2. The molecular formula is C21H16N2O8S.